The summed E-state index contributed by atoms with van der Waals surface area (Å²) in [4.78, 5) is 4.83. The minimum atomic E-state index is 0.237. The number of nitrogens with zero attached hydrogens (tertiary/aromatic N) is 2. The van der Waals surface area contributed by atoms with Crippen LogP contribution in [0.1, 0.15) is 5.56 Å². The molecule has 3 rings (SSSR count). The third-order valence-electron chi connectivity index (χ3n) is 4.74. The van der Waals surface area contributed by atoms with Crippen LogP contribution >= 0.6 is 0 Å². The summed E-state index contributed by atoms with van der Waals surface area (Å²) in [5.41, 5.74) is 2.36. The fraction of sp³-hybridized carbons (Fsp3) is 0.364. The smallest absolute Gasteiger partial charge is 0.162 e. The number of benzene rings is 2. The fourth-order valence-corrected chi connectivity index (χ4v) is 3.35. The van der Waals surface area contributed by atoms with E-state index >= 15 is 0 Å². The van der Waals surface area contributed by atoms with E-state index in [0.29, 0.717) is 5.75 Å². The molecular formula is C22H26N2O3. The first-order valence-corrected chi connectivity index (χ1v) is 9.08. The zero-order valence-electron chi connectivity index (χ0n) is 16.0. The number of methoxy groups -OCH3 is 2. The van der Waals surface area contributed by atoms with Gasteiger partial charge in [0.25, 0.3) is 0 Å². The highest BCUT2D eigenvalue weighted by molar-refractivity contribution is 5.58. The van der Waals surface area contributed by atoms with Crippen LogP contribution in [-0.2, 0) is 6.54 Å². The third-order valence-corrected chi connectivity index (χ3v) is 4.74. The molecule has 27 heavy (non-hydrogen) atoms. The highest BCUT2D eigenvalue weighted by atomic mass is 16.5. The van der Waals surface area contributed by atoms with Crippen LogP contribution in [0.3, 0.4) is 0 Å². The topological polar surface area (TPSA) is 34.2 Å². The second-order valence-electron chi connectivity index (χ2n) is 6.41. The van der Waals surface area contributed by atoms with Gasteiger partial charge in [-0.3, -0.25) is 4.90 Å². The van der Waals surface area contributed by atoms with Crippen LogP contribution < -0.4 is 19.1 Å². The molecule has 5 nitrogen and oxygen atoms in total. The number of piperazine rings is 1. The van der Waals surface area contributed by atoms with Gasteiger partial charge in [0.05, 0.1) is 19.9 Å². The Kier molecular flexibility index (Phi) is 6.45. The maximum absolute atomic E-state index is 5.51. The van der Waals surface area contributed by atoms with Gasteiger partial charge in [0, 0.05) is 32.7 Å². The standard InChI is InChI=1S/C22H26N2O3/c1-4-15-27-21-10-9-18(16-22(21)26-3)17-23-11-13-24(14-12-23)19-7-5-6-8-20(19)25-2/h1,5-10,16H,11-15,17H2,2-3H3. The van der Waals surface area contributed by atoms with Crippen LogP contribution in [0.4, 0.5) is 5.69 Å². The van der Waals surface area contributed by atoms with Crippen molar-refractivity contribution in [3.05, 3.63) is 48.0 Å². The predicted octanol–water partition coefficient (Wildman–Crippen LogP) is 3.04. The van der Waals surface area contributed by atoms with Crippen LogP contribution in [0.5, 0.6) is 17.2 Å². The van der Waals surface area contributed by atoms with Gasteiger partial charge >= 0.3 is 0 Å². The lowest BCUT2D eigenvalue weighted by Crippen LogP contribution is -2.46. The highest BCUT2D eigenvalue weighted by Gasteiger charge is 2.20. The van der Waals surface area contributed by atoms with E-state index in [2.05, 4.69) is 33.9 Å². The summed E-state index contributed by atoms with van der Waals surface area (Å²) >= 11 is 0. The Bertz CT molecular complexity index is 792. The van der Waals surface area contributed by atoms with Gasteiger partial charge < -0.3 is 19.1 Å². The van der Waals surface area contributed by atoms with Crippen molar-refractivity contribution in [3.63, 3.8) is 0 Å². The maximum Gasteiger partial charge on any atom is 0.162 e. The van der Waals surface area contributed by atoms with Crippen molar-refractivity contribution in [1.82, 2.24) is 4.90 Å². The molecule has 0 bridgehead atoms. The third kappa shape index (κ3) is 4.66. The van der Waals surface area contributed by atoms with Crippen molar-refractivity contribution in [3.8, 4) is 29.6 Å². The molecule has 0 spiro atoms. The predicted molar refractivity (Wildman–Crippen MR) is 108 cm³/mol. The molecule has 1 aliphatic heterocycles. The Labute approximate surface area is 161 Å². The number of terminal acetylenes is 1. The summed E-state index contributed by atoms with van der Waals surface area (Å²) in [6, 6.07) is 14.2. The first-order chi connectivity index (χ1) is 13.2. The van der Waals surface area contributed by atoms with E-state index in [1.54, 1.807) is 14.2 Å². The normalized spacial score (nSPS) is 14.5. The maximum atomic E-state index is 5.51. The van der Waals surface area contributed by atoms with E-state index in [9.17, 15) is 0 Å². The van der Waals surface area contributed by atoms with E-state index in [4.69, 9.17) is 20.6 Å². The molecule has 5 heteroatoms. The van der Waals surface area contributed by atoms with Gasteiger partial charge in [-0.2, -0.15) is 0 Å². The minimum Gasteiger partial charge on any atom is -0.495 e. The Balaban J connectivity index is 1.60. The van der Waals surface area contributed by atoms with E-state index in [1.807, 2.05) is 24.3 Å². The Hall–Kier alpha value is -2.84. The van der Waals surface area contributed by atoms with Crippen LogP contribution in [-0.4, -0.2) is 51.9 Å². The molecule has 1 saturated heterocycles. The first-order valence-electron chi connectivity index (χ1n) is 9.08. The number of para-hydroxylation sites is 2. The van der Waals surface area contributed by atoms with Crippen molar-refractivity contribution in [2.24, 2.45) is 0 Å². The summed E-state index contributed by atoms with van der Waals surface area (Å²) in [7, 11) is 3.37. The summed E-state index contributed by atoms with van der Waals surface area (Å²) in [5, 5.41) is 0. The average Bonchev–Trinajstić information content (AvgIpc) is 2.73. The van der Waals surface area contributed by atoms with Gasteiger partial charge in [-0.15, -0.1) is 6.42 Å². The summed E-state index contributed by atoms with van der Waals surface area (Å²) in [5.74, 6) is 4.80. The molecule has 0 radical (unpaired) electrons. The van der Waals surface area contributed by atoms with Crippen molar-refractivity contribution in [2.75, 3.05) is 51.9 Å². The van der Waals surface area contributed by atoms with Crippen molar-refractivity contribution >= 4 is 5.69 Å². The molecule has 0 atom stereocenters. The van der Waals surface area contributed by atoms with Crippen LogP contribution in [0, 0.1) is 12.3 Å². The molecule has 1 heterocycles. The van der Waals surface area contributed by atoms with Gasteiger partial charge in [-0.05, 0) is 29.8 Å². The number of anilines is 1. The van der Waals surface area contributed by atoms with Crippen molar-refractivity contribution < 1.29 is 14.2 Å². The summed E-state index contributed by atoms with van der Waals surface area (Å²) < 4.78 is 16.4. The zero-order chi connectivity index (χ0) is 19.1. The number of rotatable bonds is 7. The molecule has 1 aliphatic rings. The fourth-order valence-electron chi connectivity index (χ4n) is 3.35. The molecule has 1 fully saturated rings. The van der Waals surface area contributed by atoms with Crippen molar-refractivity contribution in [2.45, 2.75) is 6.54 Å². The first kappa shape index (κ1) is 18.9. The van der Waals surface area contributed by atoms with Gasteiger partial charge in [-0.1, -0.05) is 24.1 Å². The van der Waals surface area contributed by atoms with Crippen LogP contribution in [0.25, 0.3) is 0 Å². The van der Waals surface area contributed by atoms with E-state index in [0.717, 1.165) is 49.9 Å². The number of hydrogen-bond acceptors (Lipinski definition) is 5. The zero-order valence-corrected chi connectivity index (χ0v) is 16.0. The van der Waals surface area contributed by atoms with E-state index in [1.165, 1.54) is 5.56 Å². The molecule has 2 aromatic carbocycles. The van der Waals surface area contributed by atoms with Crippen LogP contribution in [0.15, 0.2) is 42.5 Å². The SMILES string of the molecule is C#CCOc1ccc(CN2CCN(c3ccccc3OC)CC2)cc1OC. The highest BCUT2D eigenvalue weighted by Crippen LogP contribution is 2.30. The molecule has 0 unspecified atom stereocenters. The number of hydrogen-bond donors (Lipinski definition) is 0. The summed E-state index contributed by atoms with van der Waals surface area (Å²) in [6.07, 6.45) is 5.26. The quantitative estimate of drug-likeness (QED) is 0.704. The summed E-state index contributed by atoms with van der Waals surface area (Å²) in [6.45, 7) is 5.05. The molecule has 0 N–H and O–H groups in total. The largest absolute Gasteiger partial charge is 0.495 e. The number of ether oxygens (including phenoxy) is 3. The minimum absolute atomic E-state index is 0.237. The van der Waals surface area contributed by atoms with E-state index in [-0.39, 0.29) is 6.61 Å². The Morgan fingerprint density at radius 3 is 2.37 bits per heavy atom. The van der Waals surface area contributed by atoms with E-state index < -0.39 is 0 Å². The monoisotopic (exact) mass is 366 g/mol. The van der Waals surface area contributed by atoms with Gasteiger partial charge in [0.2, 0.25) is 0 Å². The molecule has 0 aromatic heterocycles. The lowest BCUT2D eigenvalue weighted by Gasteiger charge is -2.36. The Morgan fingerprint density at radius 1 is 0.926 bits per heavy atom. The van der Waals surface area contributed by atoms with Crippen molar-refractivity contribution in [1.29, 1.82) is 0 Å². The average molecular weight is 366 g/mol. The molecular weight excluding hydrogens is 340 g/mol. The van der Waals surface area contributed by atoms with Gasteiger partial charge in [0.15, 0.2) is 11.5 Å². The second kappa shape index (κ2) is 9.20. The van der Waals surface area contributed by atoms with Crippen LogP contribution in [0.2, 0.25) is 0 Å². The van der Waals surface area contributed by atoms with Gasteiger partial charge in [0.1, 0.15) is 12.4 Å². The molecule has 0 amide bonds. The second-order valence-corrected chi connectivity index (χ2v) is 6.41. The molecule has 2 aromatic rings. The lowest BCUT2D eigenvalue weighted by molar-refractivity contribution is 0.248. The molecule has 0 aliphatic carbocycles. The Morgan fingerprint density at radius 2 is 1.67 bits per heavy atom. The lowest BCUT2D eigenvalue weighted by atomic mass is 10.1. The molecule has 0 saturated carbocycles. The molecule has 142 valence electrons. The van der Waals surface area contributed by atoms with Gasteiger partial charge in [-0.25, -0.2) is 0 Å².